The number of halogens is 1. The van der Waals surface area contributed by atoms with Crippen LogP contribution in [0.4, 0.5) is 5.82 Å². The van der Waals surface area contributed by atoms with E-state index in [9.17, 15) is 0 Å². The number of benzene rings is 1. The molecule has 4 aromatic rings. The monoisotopic (exact) mass is 384 g/mol. The lowest BCUT2D eigenvalue weighted by Crippen LogP contribution is -1.95. The molecule has 1 fully saturated rings. The standard InChI is InChI=1S/C23H17ClN4/c24-19-7-5-16(6-8-19)18-11-21(17-3-4-17)23-27-13-20(28(23)14-18)9-1-15-2-10-22(25)26-12-15/h2,5-8,10-14,17H,3-4H2,(H2,25,26). The highest BCUT2D eigenvalue weighted by Crippen LogP contribution is 2.43. The molecule has 2 N–H and O–H groups in total. The SMILES string of the molecule is Nc1ccc(C#Cc2cnc3c(C4CC4)cc(-c4ccc(Cl)cc4)cn23)cn1. The number of imidazole rings is 1. The van der Waals surface area contributed by atoms with E-state index in [1.54, 1.807) is 12.3 Å². The average Bonchev–Trinajstić information content (AvgIpc) is 3.48. The molecule has 0 bridgehead atoms. The van der Waals surface area contributed by atoms with Crippen LogP contribution in [0.15, 0.2) is 61.1 Å². The number of pyridine rings is 2. The summed E-state index contributed by atoms with van der Waals surface area (Å²) < 4.78 is 2.09. The third-order valence-electron chi connectivity index (χ3n) is 4.95. The molecule has 0 radical (unpaired) electrons. The topological polar surface area (TPSA) is 56.2 Å². The van der Waals surface area contributed by atoms with E-state index in [-0.39, 0.29) is 0 Å². The molecule has 4 nitrogen and oxygen atoms in total. The minimum Gasteiger partial charge on any atom is -0.384 e. The van der Waals surface area contributed by atoms with E-state index in [1.807, 2.05) is 36.5 Å². The van der Waals surface area contributed by atoms with E-state index < -0.39 is 0 Å². The van der Waals surface area contributed by atoms with Gasteiger partial charge in [0.25, 0.3) is 0 Å². The van der Waals surface area contributed by atoms with Crippen molar-refractivity contribution in [1.29, 1.82) is 0 Å². The predicted molar refractivity (Wildman–Crippen MR) is 112 cm³/mol. The van der Waals surface area contributed by atoms with Crippen molar-refractivity contribution in [3.63, 3.8) is 0 Å². The van der Waals surface area contributed by atoms with Crippen LogP contribution in [0.3, 0.4) is 0 Å². The molecule has 28 heavy (non-hydrogen) atoms. The lowest BCUT2D eigenvalue weighted by Gasteiger charge is -2.09. The van der Waals surface area contributed by atoms with E-state index >= 15 is 0 Å². The van der Waals surface area contributed by atoms with Gasteiger partial charge in [0, 0.05) is 23.0 Å². The number of hydrogen-bond acceptors (Lipinski definition) is 3. The molecule has 5 heteroatoms. The molecule has 0 aliphatic heterocycles. The first-order valence-corrected chi connectivity index (χ1v) is 9.56. The fraction of sp³-hybridized carbons (Fsp3) is 0.130. The van der Waals surface area contributed by atoms with Crippen molar-refractivity contribution in [2.24, 2.45) is 0 Å². The third-order valence-corrected chi connectivity index (χ3v) is 5.20. The van der Waals surface area contributed by atoms with Gasteiger partial charge in [0.05, 0.1) is 6.20 Å². The Morgan fingerprint density at radius 2 is 1.79 bits per heavy atom. The van der Waals surface area contributed by atoms with Crippen LogP contribution in [0.25, 0.3) is 16.8 Å². The van der Waals surface area contributed by atoms with Gasteiger partial charge in [-0.25, -0.2) is 9.97 Å². The Kier molecular flexibility index (Phi) is 4.03. The fourth-order valence-corrected chi connectivity index (χ4v) is 3.44. The molecule has 0 amide bonds. The zero-order valence-corrected chi connectivity index (χ0v) is 15.8. The second kappa shape index (κ2) is 6.70. The summed E-state index contributed by atoms with van der Waals surface area (Å²) in [7, 11) is 0. The van der Waals surface area contributed by atoms with E-state index in [2.05, 4.69) is 38.5 Å². The van der Waals surface area contributed by atoms with Crippen LogP contribution < -0.4 is 5.73 Å². The summed E-state index contributed by atoms with van der Waals surface area (Å²) >= 11 is 6.06. The Labute approximate surface area is 168 Å². The molecule has 3 aromatic heterocycles. The number of nitrogen functional groups attached to an aromatic ring is 1. The molecule has 136 valence electrons. The Bertz CT molecular complexity index is 1220. The summed E-state index contributed by atoms with van der Waals surface area (Å²) in [5.74, 6) is 7.45. The van der Waals surface area contributed by atoms with Gasteiger partial charge in [-0.2, -0.15) is 0 Å². The van der Waals surface area contributed by atoms with Crippen molar-refractivity contribution in [2.75, 3.05) is 5.73 Å². The zero-order valence-electron chi connectivity index (χ0n) is 15.1. The molecule has 1 aliphatic rings. The van der Waals surface area contributed by atoms with Gasteiger partial charge in [-0.05, 0) is 71.7 Å². The second-order valence-electron chi connectivity index (χ2n) is 7.02. The van der Waals surface area contributed by atoms with E-state index in [4.69, 9.17) is 17.3 Å². The normalized spacial score (nSPS) is 13.3. The van der Waals surface area contributed by atoms with Gasteiger partial charge in [0.1, 0.15) is 17.2 Å². The molecule has 3 heterocycles. The van der Waals surface area contributed by atoms with Crippen molar-refractivity contribution >= 4 is 23.1 Å². The number of nitrogens with zero attached hydrogens (tertiary/aromatic N) is 3. The Morgan fingerprint density at radius 3 is 2.50 bits per heavy atom. The number of anilines is 1. The van der Waals surface area contributed by atoms with Crippen LogP contribution in [-0.4, -0.2) is 14.4 Å². The van der Waals surface area contributed by atoms with Crippen LogP contribution in [0.1, 0.15) is 35.6 Å². The van der Waals surface area contributed by atoms with Crippen molar-refractivity contribution in [2.45, 2.75) is 18.8 Å². The van der Waals surface area contributed by atoms with E-state index in [1.165, 1.54) is 18.4 Å². The maximum Gasteiger partial charge on any atom is 0.141 e. The minimum atomic E-state index is 0.488. The quantitative estimate of drug-likeness (QED) is 0.499. The van der Waals surface area contributed by atoms with Gasteiger partial charge in [0.15, 0.2) is 0 Å². The number of hydrogen-bond donors (Lipinski definition) is 1. The Balaban J connectivity index is 1.63. The Morgan fingerprint density at radius 1 is 0.964 bits per heavy atom. The average molecular weight is 385 g/mol. The first kappa shape index (κ1) is 16.9. The second-order valence-corrected chi connectivity index (χ2v) is 7.46. The van der Waals surface area contributed by atoms with Crippen molar-refractivity contribution in [1.82, 2.24) is 14.4 Å². The lowest BCUT2D eigenvalue weighted by molar-refractivity contribution is 1.07. The van der Waals surface area contributed by atoms with Crippen LogP contribution in [0, 0.1) is 11.8 Å². The summed E-state index contributed by atoms with van der Waals surface area (Å²) in [6.07, 6.45) is 8.04. The highest BCUT2D eigenvalue weighted by molar-refractivity contribution is 6.30. The number of aromatic nitrogens is 3. The molecule has 0 atom stereocenters. The third kappa shape index (κ3) is 3.21. The first-order chi connectivity index (χ1) is 13.7. The molecule has 5 rings (SSSR count). The number of fused-ring (bicyclic) bond motifs is 1. The van der Waals surface area contributed by atoms with Gasteiger partial charge >= 0.3 is 0 Å². The van der Waals surface area contributed by atoms with Gasteiger partial charge in [0.2, 0.25) is 0 Å². The highest BCUT2D eigenvalue weighted by atomic mass is 35.5. The maximum absolute atomic E-state index is 6.06. The molecule has 1 aromatic carbocycles. The van der Waals surface area contributed by atoms with Gasteiger partial charge in [-0.3, -0.25) is 4.40 Å². The van der Waals surface area contributed by atoms with Crippen molar-refractivity contribution in [3.05, 3.63) is 82.9 Å². The zero-order chi connectivity index (χ0) is 19.1. The van der Waals surface area contributed by atoms with E-state index in [0.717, 1.165) is 33.1 Å². The van der Waals surface area contributed by atoms with Gasteiger partial charge in [-0.1, -0.05) is 29.7 Å². The predicted octanol–water partition coefficient (Wildman–Crippen LogP) is 4.91. The molecule has 1 aliphatic carbocycles. The van der Waals surface area contributed by atoms with Crippen LogP contribution >= 0.6 is 11.6 Å². The summed E-state index contributed by atoms with van der Waals surface area (Å²) in [4.78, 5) is 8.75. The lowest BCUT2D eigenvalue weighted by atomic mass is 10.0. The smallest absolute Gasteiger partial charge is 0.141 e. The van der Waals surface area contributed by atoms with Crippen molar-refractivity contribution in [3.8, 4) is 23.0 Å². The van der Waals surface area contributed by atoms with Crippen LogP contribution in [-0.2, 0) is 0 Å². The minimum absolute atomic E-state index is 0.488. The molecule has 1 saturated carbocycles. The van der Waals surface area contributed by atoms with Crippen LogP contribution in [0.5, 0.6) is 0 Å². The highest BCUT2D eigenvalue weighted by Gasteiger charge is 2.27. The van der Waals surface area contributed by atoms with Crippen LogP contribution in [0.2, 0.25) is 5.02 Å². The molecule has 0 unspecified atom stereocenters. The molecule has 0 spiro atoms. The summed E-state index contributed by atoms with van der Waals surface area (Å²) in [6, 6.07) is 13.8. The molecular weight excluding hydrogens is 368 g/mol. The fourth-order valence-electron chi connectivity index (χ4n) is 3.32. The van der Waals surface area contributed by atoms with Gasteiger partial charge < -0.3 is 5.73 Å². The maximum atomic E-state index is 6.06. The summed E-state index contributed by atoms with van der Waals surface area (Å²) in [6.45, 7) is 0. The number of rotatable bonds is 2. The van der Waals surface area contributed by atoms with E-state index in [0.29, 0.717) is 11.7 Å². The number of nitrogens with two attached hydrogens (primary N) is 1. The molecule has 0 saturated heterocycles. The summed E-state index contributed by atoms with van der Waals surface area (Å²) in [5, 5.41) is 0.735. The summed E-state index contributed by atoms with van der Waals surface area (Å²) in [5.41, 5.74) is 11.9. The first-order valence-electron chi connectivity index (χ1n) is 9.18. The molecular formula is C23H17ClN4. The van der Waals surface area contributed by atoms with Crippen molar-refractivity contribution < 1.29 is 0 Å². The van der Waals surface area contributed by atoms with Gasteiger partial charge in [-0.15, -0.1) is 0 Å². The largest absolute Gasteiger partial charge is 0.384 e. The Hall–Kier alpha value is -3.29.